The van der Waals surface area contributed by atoms with Crippen LogP contribution in [0.15, 0.2) is 59.7 Å². The van der Waals surface area contributed by atoms with Crippen molar-refractivity contribution in [2.24, 2.45) is 0 Å². The third-order valence-corrected chi connectivity index (χ3v) is 4.82. The van der Waals surface area contributed by atoms with Gasteiger partial charge in [0.2, 0.25) is 0 Å². The van der Waals surface area contributed by atoms with Crippen molar-refractivity contribution in [3.8, 4) is 17.2 Å². The molecular formula is C22H19N7O. The zero-order valence-electron chi connectivity index (χ0n) is 16.3. The number of fused-ring (bicyclic) bond motifs is 1. The summed E-state index contributed by atoms with van der Waals surface area (Å²) in [6, 6.07) is 17.1. The summed E-state index contributed by atoms with van der Waals surface area (Å²) in [5, 5.41) is 12.4. The molecule has 3 aromatic heterocycles. The minimum absolute atomic E-state index is 0.108. The molecule has 0 saturated carbocycles. The van der Waals surface area contributed by atoms with Gasteiger partial charge in [0, 0.05) is 18.7 Å². The molecule has 3 heterocycles. The number of aromatic nitrogens is 4. The van der Waals surface area contributed by atoms with Crippen molar-refractivity contribution in [1.29, 1.82) is 5.26 Å². The summed E-state index contributed by atoms with van der Waals surface area (Å²) in [6.45, 7) is 2.30. The van der Waals surface area contributed by atoms with Gasteiger partial charge in [-0.1, -0.05) is 36.4 Å². The number of nitrogen functional groups attached to an aromatic ring is 1. The lowest BCUT2D eigenvalue weighted by Gasteiger charge is -2.13. The molecular weight excluding hydrogens is 378 g/mol. The lowest BCUT2D eigenvalue weighted by Crippen LogP contribution is -2.23. The second kappa shape index (κ2) is 8.01. The molecule has 0 spiro atoms. The van der Waals surface area contributed by atoms with Crippen molar-refractivity contribution in [3.63, 3.8) is 0 Å². The fourth-order valence-electron chi connectivity index (χ4n) is 3.40. The topological polar surface area (TPSA) is 122 Å². The molecule has 0 amide bonds. The first-order chi connectivity index (χ1) is 14.6. The van der Waals surface area contributed by atoms with Gasteiger partial charge in [-0.25, -0.2) is 15.0 Å². The van der Waals surface area contributed by atoms with Gasteiger partial charge in [0.15, 0.2) is 0 Å². The predicted octanol–water partition coefficient (Wildman–Crippen LogP) is 2.57. The van der Waals surface area contributed by atoms with E-state index in [1.54, 1.807) is 4.40 Å². The molecule has 3 N–H and O–H groups in total. The first-order valence-corrected chi connectivity index (χ1v) is 9.41. The minimum atomic E-state index is -0.108. The van der Waals surface area contributed by atoms with E-state index in [0.29, 0.717) is 35.7 Å². The minimum Gasteiger partial charge on any atom is -0.382 e. The normalized spacial score (nSPS) is 10.7. The van der Waals surface area contributed by atoms with Crippen LogP contribution in [-0.2, 0) is 6.42 Å². The fourth-order valence-corrected chi connectivity index (χ4v) is 3.40. The van der Waals surface area contributed by atoms with Crippen LogP contribution in [0, 0.1) is 18.3 Å². The largest absolute Gasteiger partial charge is 0.382 e. The fraction of sp³-hybridized carbons (Fsp3) is 0.136. The van der Waals surface area contributed by atoms with Crippen LogP contribution >= 0.6 is 0 Å². The van der Waals surface area contributed by atoms with Crippen LogP contribution in [0.2, 0.25) is 0 Å². The first kappa shape index (κ1) is 19.1. The van der Waals surface area contributed by atoms with Crippen LogP contribution in [0.1, 0.15) is 17.0 Å². The van der Waals surface area contributed by atoms with Gasteiger partial charge in [-0.05, 0) is 24.6 Å². The lowest BCUT2D eigenvalue weighted by atomic mass is 10.0. The molecule has 0 radical (unpaired) electrons. The van der Waals surface area contributed by atoms with Crippen molar-refractivity contribution in [3.05, 3.63) is 82.2 Å². The zero-order chi connectivity index (χ0) is 21.1. The van der Waals surface area contributed by atoms with E-state index in [4.69, 9.17) is 10.7 Å². The summed E-state index contributed by atoms with van der Waals surface area (Å²) in [6.07, 6.45) is 1.76. The summed E-state index contributed by atoms with van der Waals surface area (Å²) < 4.78 is 1.62. The number of hydrogen-bond acceptors (Lipinski definition) is 7. The monoisotopic (exact) mass is 397 g/mol. The Balaban J connectivity index is 1.75. The second-order valence-corrected chi connectivity index (χ2v) is 6.74. The van der Waals surface area contributed by atoms with Gasteiger partial charge in [0.05, 0.1) is 11.3 Å². The van der Waals surface area contributed by atoms with E-state index < -0.39 is 0 Å². The number of nitrogens with zero attached hydrogens (tertiary/aromatic N) is 5. The second-order valence-electron chi connectivity index (χ2n) is 6.74. The number of nitrogens with two attached hydrogens (primary N) is 1. The van der Waals surface area contributed by atoms with E-state index >= 15 is 0 Å². The number of anilines is 2. The number of nitriles is 1. The van der Waals surface area contributed by atoms with E-state index in [0.717, 1.165) is 11.3 Å². The molecule has 0 fully saturated rings. The Hall–Kier alpha value is -4.25. The SMILES string of the molecule is Cc1cccc2nc(CCNc3ncnc(N)c3C#N)c(-c3ccccc3)c(=O)n12. The summed E-state index contributed by atoms with van der Waals surface area (Å²) in [7, 11) is 0. The molecule has 1 aromatic carbocycles. The third-order valence-electron chi connectivity index (χ3n) is 4.82. The van der Waals surface area contributed by atoms with Crippen molar-refractivity contribution in [2.45, 2.75) is 13.3 Å². The average Bonchev–Trinajstić information content (AvgIpc) is 2.74. The lowest BCUT2D eigenvalue weighted by molar-refractivity contribution is 0.912. The summed E-state index contributed by atoms with van der Waals surface area (Å²) >= 11 is 0. The molecule has 30 heavy (non-hydrogen) atoms. The van der Waals surface area contributed by atoms with E-state index in [9.17, 15) is 10.1 Å². The van der Waals surface area contributed by atoms with E-state index in [1.165, 1.54) is 6.33 Å². The number of hydrogen-bond donors (Lipinski definition) is 2. The van der Waals surface area contributed by atoms with Crippen LogP contribution < -0.4 is 16.6 Å². The Morgan fingerprint density at radius 2 is 1.93 bits per heavy atom. The Kier molecular flexibility index (Phi) is 5.09. The number of pyridine rings is 1. The van der Waals surface area contributed by atoms with E-state index in [1.807, 2.05) is 61.5 Å². The summed E-state index contributed by atoms with van der Waals surface area (Å²) in [5.74, 6) is 0.483. The molecule has 0 bridgehead atoms. The number of aryl methyl sites for hydroxylation is 1. The van der Waals surface area contributed by atoms with Crippen molar-refractivity contribution in [2.75, 3.05) is 17.6 Å². The molecule has 4 rings (SSSR count). The van der Waals surface area contributed by atoms with E-state index in [-0.39, 0.29) is 16.9 Å². The van der Waals surface area contributed by atoms with Gasteiger partial charge in [-0.15, -0.1) is 0 Å². The molecule has 0 aliphatic heterocycles. The maximum Gasteiger partial charge on any atom is 0.266 e. The Morgan fingerprint density at radius 1 is 1.13 bits per heavy atom. The molecule has 8 nitrogen and oxygen atoms in total. The van der Waals surface area contributed by atoms with Gasteiger partial charge in [-0.2, -0.15) is 5.26 Å². The van der Waals surface area contributed by atoms with Crippen LogP contribution in [0.5, 0.6) is 0 Å². The predicted molar refractivity (Wildman–Crippen MR) is 115 cm³/mol. The molecule has 4 aromatic rings. The number of nitrogens with one attached hydrogen (secondary N) is 1. The highest BCUT2D eigenvalue weighted by molar-refractivity contribution is 5.67. The van der Waals surface area contributed by atoms with Crippen LogP contribution in [-0.4, -0.2) is 25.9 Å². The Labute approximate surface area is 172 Å². The molecule has 148 valence electrons. The summed E-state index contributed by atoms with van der Waals surface area (Å²) in [5.41, 5.74) is 9.29. The smallest absolute Gasteiger partial charge is 0.266 e. The maximum atomic E-state index is 13.4. The van der Waals surface area contributed by atoms with Gasteiger partial charge in [-0.3, -0.25) is 9.20 Å². The highest BCUT2D eigenvalue weighted by Gasteiger charge is 2.16. The highest BCUT2D eigenvalue weighted by Crippen LogP contribution is 2.21. The van der Waals surface area contributed by atoms with Gasteiger partial charge < -0.3 is 11.1 Å². The van der Waals surface area contributed by atoms with E-state index in [2.05, 4.69) is 15.3 Å². The quantitative estimate of drug-likeness (QED) is 0.531. The highest BCUT2D eigenvalue weighted by atomic mass is 16.1. The van der Waals surface area contributed by atoms with Crippen LogP contribution in [0.3, 0.4) is 0 Å². The number of benzene rings is 1. The first-order valence-electron chi connectivity index (χ1n) is 9.41. The molecule has 0 aliphatic rings. The number of rotatable bonds is 5. The maximum absolute atomic E-state index is 13.4. The molecule has 0 saturated heterocycles. The molecule has 0 aliphatic carbocycles. The van der Waals surface area contributed by atoms with Crippen LogP contribution in [0.25, 0.3) is 16.8 Å². The Morgan fingerprint density at radius 3 is 2.70 bits per heavy atom. The third kappa shape index (κ3) is 3.44. The molecule has 0 atom stereocenters. The zero-order valence-corrected chi connectivity index (χ0v) is 16.3. The van der Waals surface area contributed by atoms with Crippen molar-refractivity contribution >= 4 is 17.3 Å². The van der Waals surface area contributed by atoms with Gasteiger partial charge in [0.1, 0.15) is 35.2 Å². The summed E-state index contributed by atoms with van der Waals surface area (Å²) in [4.78, 5) is 26.1. The standard InChI is InChI=1S/C22H19N7O/c1-14-6-5-9-18-28-17(10-11-25-21-16(12-23)20(24)26-13-27-21)19(22(30)29(14)18)15-7-3-2-4-8-15/h2-9,13H,10-11H2,1H3,(H3,24,25,26,27). The average molecular weight is 397 g/mol. The Bertz CT molecular complexity index is 1320. The van der Waals surface area contributed by atoms with Crippen LogP contribution in [0.4, 0.5) is 11.6 Å². The molecule has 8 heteroatoms. The van der Waals surface area contributed by atoms with Gasteiger partial charge >= 0.3 is 0 Å². The van der Waals surface area contributed by atoms with Crippen molar-refractivity contribution < 1.29 is 0 Å². The molecule has 0 unspecified atom stereocenters. The van der Waals surface area contributed by atoms with Gasteiger partial charge in [0.25, 0.3) is 5.56 Å². The van der Waals surface area contributed by atoms with Crippen molar-refractivity contribution in [1.82, 2.24) is 19.4 Å².